The number of aromatic nitrogens is 2. The average molecular weight is 216 g/mol. The van der Waals surface area contributed by atoms with Gasteiger partial charge in [-0.25, -0.2) is 0 Å². The third kappa shape index (κ3) is 1.30. The van der Waals surface area contributed by atoms with E-state index in [2.05, 4.69) is 9.79 Å². The van der Waals surface area contributed by atoms with Gasteiger partial charge in [0.1, 0.15) is 0 Å². The first kappa shape index (κ1) is 8.91. The Kier molecular flexibility index (Phi) is 1.69. The predicted octanol–water partition coefficient (Wildman–Crippen LogP) is -0.292. The van der Waals surface area contributed by atoms with Crippen molar-refractivity contribution in [2.45, 2.75) is 4.90 Å². The largest absolute Gasteiger partial charge is 0.359 e. The number of fused-ring (bicyclic) bond motifs is 1. The van der Waals surface area contributed by atoms with E-state index in [4.69, 9.17) is 4.55 Å². The molecule has 0 radical (unpaired) electrons. The lowest BCUT2D eigenvalue weighted by Crippen LogP contribution is -2.22. The molecule has 0 spiro atoms. The first-order valence-corrected chi connectivity index (χ1v) is 4.89. The van der Waals surface area contributed by atoms with Crippen LogP contribution in [-0.2, 0) is 10.1 Å². The van der Waals surface area contributed by atoms with Crippen molar-refractivity contribution < 1.29 is 22.5 Å². The molecule has 2 rings (SSSR count). The Morgan fingerprint density at radius 3 is 2.86 bits per heavy atom. The van der Waals surface area contributed by atoms with Gasteiger partial charge in [0.25, 0.3) is 10.1 Å². The summed E-state index contributed by atoms with van der Waals surface area (Å²) >= 11 is 0. The van der Waals surface area contributed by atoms with Crippen LogP contribution in [0, 0.1) is 5.21 Å². The van der Waals surface area contributed by atoms with Crippen LogP contribution in [0.4, 0.5) is 0 Å². The number of hydrogen-bond donors (Lipinski definition) is 1. The molecule has 1 aromatic heterocycles. The molecule has 0 aliphatic heterocycles. The van der Waals surface area contributed by atoms with Crippen LogP contribution in [0.5, 0.6) is 0 Å². The van der Waals surface area contributed by atoms with Gasteiger partial charge in [-0.05, 0) is 17.0 Å². The monoisotopic (exact) mass is 216 g/mol. The van der Waals surface area contributed by atoms with E-state index in [1.807, 2.05) is 0 Å². The van der Waals surface area contributed by atoms with Gasteiger partial charge in [0.15, 0.2) is 0 Å². The molecular formula is C6H4N2O5S. The van der Waals surface area contributed by atoms with E-state index >= 15 is 0 Å². The van der Waals surface area contributed by atoms with Crippen LogP contribution in [-0.4, -0.2) is 18.1 Å². The first-order chi connectivity index (χ1) is 6.48. The fourth-order valence-electron chi connectivity index (χ4n) is 1.01. The second-order valence-corrected chi connectivity index (χ2v) is 3.98. The highest BCUT2D eigenvalue weighted by Crippen LogP contribution is 2.14. The SMILES string of the molecule is O=S(=O)(O)c1ccc2no[n+]([O-])c2c1. The van der Waals surface area contributed by atoms with Crippen LogP contribution in [0.3, 0.4) is 0 Å². The topological polar surface area (TPSA) is 107 Å². The van der Waals surface area contributed by atoms with Gasteiger partial charge in [-0.15, -0.1) is 0 Å². The summed E-state index contributed by atoms with van der Waals surface area (Å²) in [6.07, 6.45) is 0. The highest BCUT2D eigenvalue weighted by atomic mass is 32.2. The van der Waals surface area contributed by atoms with Crippen molar-refractivity contribution in [1.29, 1.82) is 0 Å². The zero-order valence-electron chi connectivity index (χ0n) is 6.61. The van der Waals surface area contributed by atoms with E-state index in [0.29, 0.717) is 0 Å². The van der Waals surface area contributed by atoms with Crippen molar-refractivity contribution in [3.63, 3.8) is 0 Å². The Balaban J connectivity index is 2.79. The van der Waals surface area contributed by atoms with E-state index < -0.39 is 10.1 Å². The molecule has 0 atom stereocenters. The molecule has 2 aromatic rings. The highest BCUT2D eigenvalue weighted by molar-refractivity contribution is 7.85. The minimum atomic E-state index is -4.31. The zero-order valence-corrected chi connectivity index (χ0v) is 7.43. The van der Waals surface area contributed by atoms with Gasteiger partial charge < -0.3 is 5.21 Å². The lowest BCUT2D eigenvalue weighted by Gasteiger charge is -1.93. The normalized spacial score (nSPS) is 12.1. The highest BCUT2D eigenvalue weighted by Gasteiger charge is 2.15. The van der Waals surface area contributed by atoms with Crippen LogP contribution in [0.15, 0.2) is 27.7 Å². The third-order valence-corrected chi connectivity index (χ3v) is 2.50. The lowest BCUT2D eigenvalue weighted by molar-refractivity contribution is -0.782. The minimum absolute atomic E-state index is 0.0554. The maximum atomic E-state index is 10.9. The summed E-state index contributed by atoms with van der Waals surface area (Å²) in [4.78, 5) is -0.317. The van der Waals surface area contributed by atoms with Gasteiger partial charge in [-0.2, -0.15) is 8.42 Å². The van der Waals surface area contributed by atoms with E-state index in [9.17, 15) is 13.6 Å². The number of hydrogen-bond acceptors (Lipinski definition) is 5. The second kappa shape index (κ2) is 2.66. The zero-order chi connectivity index (χ0) is 10.3. The molecule has 0 saturated carbocycles. The van der Waals surface area contributed by atoms with E-state index in [-0.39, 0.29) is 20.8 Å². The molecule has 0 aliphatic carbocycles. The summed E-state index contributed by atoms with van der Waals surface area (Å²) in [6, 6.07) is 3.37. The molecule has 1 aromatic carbocycles. The maximum absolute atomic E-state index is 10.9. The van der Waals surface area contributed by atoms with Crippen molar-refractivity contribution in [3.8, 4) is 0 Å². The Hall–Kier alpha value is -1.67. The molecule has 0 bridgehead atoms. The minimum Gasteiger partial charge on any atom is -0.359 e. The smallest absolute Gasteiger partial charge is 0.294 e. The van der Waals surface area contributed by atoms with Crippen LogP contribution >= 0.6 is 0 Å². The van der Waals surface area contributed by atoms with Gasteiger partial charge in [0.2, 0.25) is 11.0 Å². The van der Waals surface area contributed by atoms with Crippen LogP contribution in [0.25, 0.3) is 11.0 Å². The van der Waals surface area contributed by atoms with Crippen LogP contribution in [0.1, 0.15) is 0 Å². The Morgan fingerprint density at radius 1 is 1.50 bits per heavy atom. The Bertz CT molecular complexity index is 587. The fourth-order valence-corrected chi connectivity index (χ4v) is 1.51. The molecule has 1 heterocycles. The number of benzene rings is 1. The lowest BCUT2D eigenvalue weighted by atomic mass is 10.3. The molecule has 0 aliphatic rings. The van der Waals surface area contributed by atoms with Crippen molar-refractivity contribution in [1.82, 2.24) is 5.16 Å². The summed E-state index contributed by atoms with van der Waals surface area (Å²) in [5.41, 5.74) is 0.160. The van der Waals surface area contributed by atoms with Crippen LogP contribution in [0.2, 0.25) is 0 Å². The maximum Gasteiger partial charge on any atom is 0.294 e. The van der Waals surface area contributed by atoms with Gasteiger partial charge in [-0.1, -0.05) is 0 Å². The molecule has 0 unspecified atom stereocenters. The van der Waals surface area contributed by atoms with E-state index in [1.54, 1.807) is 0 Å². The molecule has 1 N–H and O–H groups in total. The molecule has 0 saturated heterocycles. The molecular weight excluding hydrogens is 212 g/mol. The van der Waals surface area contributed by atoms with Gasteiger partial charge in [0.05, 0.1) is 4.90 Å². The van der Waals surface area contributed by atoms with Crippen molar-refractivity contribution >= 4 is 21.2 Å². The Morgan fingerprint density at radius 2 is 2.21 bits per heavy atom. The third-order valence-electron chi connectivity index (χ3n) is 1.65. The van der Waals surface area contributed by atoms with Gasteiger partial charge >= 0.3 is 0 Å². The van der Waals surface area contributed by atoms with Gasteiger partial charge in [0, 0.05) is 11.2 Å². The summed E-state index contributed by atoms with van der Waals surface area (Å²) in [6.45, 7) is 0. The average Bonchev–Trinajstić information content (AvgIpc) is 2.46. The number of rotatable bonds is 1. The molecule has 74 valence electrons. The first-order valence-electron chi connectivity index (χ1n) is 3.45. The molecule has 0 amide bonds. The fraction of sp³-hybridized carbons (Fsp3) is 0. The van der Waals surface area contributed by atoms with Gasteiger partial charge in [-0.3, -0.25) is 9.18 Å². The molecule has 7 nitrogen and oxygen atoms in total. The second-order valence-electron chi connectivity index (χ2n) is 2.56. The molecule has 14 heavy (non-hydrogen) atoms. The number of nitrogens with zero attached hydrogens (tertiary/aromatic N) is 2. The Labute approximate surface area is 77.8 Å². The predicted molar refractivity (Wildman–Crippen MR) is 42.8 cm³/mol. The summed E-state index contributed by atoms with van der Waals surface area (Å²) in [7, 11) is -4.31. The van der Waals surface area contributed by atoms with E-state index in [1.165, 1.54) is 6.07 Å². The van der Waals surface area contributed by atoms with E-state index in [0.717, 1.165) is 12.1 Å². The van der Waals surface area contributed by atoms with Crippen molar-refractivity contribution in [3.05, 3.63) is 23.4 Å². The molecule has 8 heteroatoms. The summed E-state index contributed by atoms with van der Waals surface area (Å²) < 4.78 is 34.3. The summed E-state index contributed by atoms with van der Waals surface area (Å²) in [5.74, 6) is 0. The standard InChI is InChI=1S/C6H4N2O5S/c9-8-6-3-4(14(10,11)12)1-2-5(6)7-13-8/h1-3H,(H,10,11,12). The quantitative estimate of drug-likeness (QED) is 0.518. The van der Waals surface area contributed by atoms with Crippen molar-refractivity contribution in [2.24, 2.45) is 0 Å². The van der Waals surface area contributed by atoms with Crippen molar-refractivity contribution in [2.75, 3.05) is 0 Å². The van der Waals surface area contributed by atoms with Crippen LogP contribution < -0.4 is 4.90 Å². The summed E-state index contributed by atoms with van der Waals surface area (Å²) in [5, 5.41) is 14.2. The molecule has 0 fully saturated rings.